The van der Waals surface area contributed by atoms with Gasteiger partial charge in [0.2, 0.25) is 10.0 Å². The number of hydrogen-bond acceptors (Lipinski definition) is 3. The molecule has 0 bridgehead atoms. The number of pyridine rings is 1. The number of rotatable bonds is 6. The van der Waals surface area contributed by atoms with Crippen LogP contribution in [0.2, 0.25) is 0 Å². The van der Waals surface area contributed by atoms with Crippen molar-refractivity contribution >= 4 is 10.0 Å². The van der Waals surface area contributed by atoms with Crippen LogP contribution in [0.3, 0.4) is 0 Å². The Bertz CT molecular complexity index is 486. The smallest absolute Gasteiger partial charge is 0.211 e. The van der Waals surface area contributed by atoms with Crippen molar-refractivity contribution in [3.8, 4) is 11.8 Å². The highest BCUT2D eigenvalue weighted by molar-refractivity contribution is 7.89. The average molecular weight is 252 g/mol. The van der Waals surface area contributed by atoms with Crippen LogP contribution in [0.4, 0.5) is 0 Å². The van der Waals surface area contributed by atoms with E-state index >= 15 is 0 Å². The molecular weight excluding hydrogens is 236 g/mol. The molecule has 0 amide bonds. The number of nitrogens with one attached hydrogen (secondary N) is 1. The minimum absolute atomic E-state index is 0.0938. The van der Waals surface area contributed by atoms with Crippen LogP contribution in [-0.2, 0) is 16.4 Å². The molecule has 0 atom stereocenters. The number of sulfonamides is 1. The lowest BCUT2D eigenvalue weighted by Crippen LogP contribution is -2.28. The van der Waals surface area contributed by atoms with E-state index in [2.05, 4.69) is 21.5 Å². The highest BCUT2D eigenvalue weighted by atomic mass is 32.2. The predicted octanol–water partition coefficient (Wildman–Crippen LogP) is 0.957. The van der Waals surface area contributed by atoms with Gasteiger partial charge in [0.15, 0.2) is 0 Å². The van der Waals surface area contributed by atoms with Gasteiger partial charge >= 0.3 is 0 Å². The maximum Gasteiger partial charge on any atom is 0.211 e. The Balaban J connectivity index is 2.36. The van der Waals surface area contributed by atoms with Crippen LogP contribution in [0.25, 0.3) is 0 Å². The van der Waals surface area contributed by atoms with E-state index in [0.29, 0.717) is 19.4 Å². The maximum absolute atomic E-state index is 11.6. The molecule has 0 aliphatic rings. The molecular formula is C12H16N2O2S. The molecule has 92 valence electrons. The van der Waals surface area contributed by atoms with Crippen LogP contribution < -0.4 is 4.72 Å². The molecule has 1 heterocycles. The fourth-order valence-electron chi connectivity index (χ4n) is 1.27. The van der Waals surface area contributed by atoms with E-state index in [1.165, 1.54) is 0 Å². The SMILES string of the molecule is CC#CCCNS(=O)(=O)CCc1ccncc1. The Morgan fingerprint density at radius 3 is 2.71 bits per heavy atom. The summed E-state index contributed by atoms with van der Waals surface area (Å²) in [5.41, 5.74) is 0.971. The Labute approximate surface area is 103 Å². The summed E-state index contributed by atoms with van der Waals surface area (Å²) in [4.78, 5) is 3.88. The van der Waals surface area contributed by atoms with Gasteiger partial charge in [-0.3, -0.25) is 4.98 Å². The summed E-state index contributed by atoms with van der Waals surface area (Å²) < 4.78 is 25.7. The van der Waals surface area contributed by atoms with E-state index in [1.807, 2.05) is 12.1 Å². The minimum Gasteiger partial charge on any atom is -0.265 e. The molecule has 1 N–H and O–H groups in total. The fourth-order valence-corrected chi connectivity index (χ4v) is 2.33. The van der Waals surface area contributed by atoms with Gasteiger partial charge in [-0.2, -0.15) is 0 Å². The number of aromatic nitrogens is 1. The lowest BCUT2D eigenvalue weighted by molar-refractivity contribution is 0.581. The summed E-state index contributed by atoms with van der Waals surface area (Å²) in [6.07, 6.45) is 4.36. The van der Waals surface area contributed by atoms with Crippen molar-refractivity contribution in [1.29, 1.82) is 0 Å². The standard InChI is InChI=1S/C12H16N2O2S/c1-2-3-4-8-14-17(15,16)11-7-12-5-9-13-10-6-12/h5-6,9-10,14H,4,7-8,11H2,1H3. The number of nitrogens with zero attached hydrogens (tertiary/aromatic N) is 1. The Kier molecular flexibility index (Phi) is 5.67. The van der Waals surface area contributed by atoms with Gasteiger partial charge in [-0.15, -0.1) is 11.8 Å². The molecule has 0 fully saturated rings. The van der Waals surface area contributed by atoms with E-state index in [1.54, 1.807) is 19.3 Å². The summed E-state index contributed by atoms with van der Waals surface area (Å²) in [5.74, 6) is 5.62. The number of aryl methyl sites for hydroxylation is 1. The molecule has 0 saturated heterocycles. The Morgan fingerprint density at radius 2 is 2.06 bits per heavy atom. The monoisotopic (exact) mass is 252 g/mol. The van der Waals surface area contributed by atoms with E-state index in [9.17, 15) is 8.42 Å². The molecule has 0 unspecified atom stereocenters. The Hall–Kier alpha value is -1.38. The molecule has 0 aromatic carbocycles. The lowest BCUT2D eigenvalue weighted by Gasteiger charge is -2.04. The third-order valence-corrected chi connectivity index (χ3v) is 3.54. The normalized spacial score (nSPS) is 10.6. The largest absolute Gasteiger partial charge is 0.265 e. The molecule has 1 aromatic rings. The van der Waals surface area contributed by atoms with Gasteiger partial charge in [-0.05, 0) is 31.0 Å². The second-order valence-electron chi connectivity index (χ2n) is 3.50. The van der Waals surface area contributed by atoms with Gasteiger partial charge < -0.3 is 0 Å². The van der Waals surface area contributed by atoms with Crippen LogP contribution in [-0.4, -0.2) is 25.7 Å². The molecule has 5 heteroatoms. The molecule has 0 aliphatic heterocycles. The quantitative estimate of drug-likeness (QED) is 0.606. The molecule has 1 aromatic heterocycles. The first-order valence-electron chi connectivity index (χ1n) is 5.40. The van der Waals surface area contributed by atoms with Crippen molar-refractivity contribution in [2.24, 2.45) is 0 Å². The zero-order chi connectivity index (χ0) is 12.6. The first-order valence-corrected chi connectivity index (χ1v) is 7.05. The summed E-state index contributed by atoms with van der Waals surface area (Å²) >= 11 is 0. The first-order chi connectivity index (χ1) is 8.14. The minimum atomic E-state index is -3.20. The molecule has 0 spiro atoms. The van der Waals surface area contributed by atoms with Crippen molar-refractivity contribution < 1.29 is 8.42 Å². The summed E-state index contributed by atoms with van der Waals surface area (Å²) in [6, 6.07) is 3.64. The van der Waals surface area contributed by atoms with Crippen molar-refractivity contribution in [2.45, 2.75) is 19.8 Å². The molecule has 0 radical (unpaired) electrons. The van der Waals surface area contributed by atoms with E-state index < -0.39 is 10.0 Å². The number of hydrogen-bond donors (Lipinski definition) is 1. The van der Waals surface area contributed by atoms with E-state index in [0.717, 1.165) is 5.56 Å². The third-order valence-electron chi connectivity index (χ3n) is 2.16. The van der Waals surface area contributed by atoms with Crippen LogP contribution >= 0.6 is 0 Å². The van der Waals surface area contributed by atoms with Crippen molar-refractivity contribution in [1.82, 2.24) is 9.71 Å². The van der Waals surface area contributed by atoms with E-state index in [-0.39, 0.29) is 5.75 Å². The second kappa shape index (κ2) is 7.05. The zero-order valence-corrected chi connectivity index (χ0v) is 10.6. The van der Waals surface area contributed by atoms with Gasteiger partial charge in [-0.25, -0.2) is 13.1 Å². The van der Waals surface area contributed by atoms with Gasteiger partial charge in [0.25, 0.3) is 0 Å². The second-order valence-corrected chi connectivity index (χ2v) is 5.42. The topological polar surface area (TPSA) is 59.1 Å². The van der Waals surface area contributed by atoms with Gasteiger partial charge in [0.1, 0.15) is 0 Å². The van der Waals surface area contributed by atoms with Crippen LogP contribution in [0.5, 0.6) is 0 Å². The van der Waals surface area contributed by atoms with E-state index in [4.69, 9.17) is 0 Å². The molecule has 0 aliphatic carbocycles. The molecule has 0 saturated carbocycles. The highest BCUT2D eigenvalue weighted by Crippen LogP contribution is 1.99. The van der Waals surface area contributed by atoms with Crippen molar-refractivity contribution in [3.05, 3.63) is 30.1 Å². The average Bonchev–Trinajstić information content (AvgIpc) is 2.34. The third kappa shape index (κ3) is 6.05. The van der Waals surface area contributed by atoms with Crippen LogP contribution in [0.1, 0.15) is 18.9 Å². The summed E-state index contributed by atoms with van der Waals surface area (Å²) in [6.45, 7) is 2.11. The molecule has 1 rings (SSSR count). The molecule has 4 nitrogen and oxygen atoms in total. The Morgan fingerprint density at radius 1 is 1.35 bits per heavy atom. The van der Waals surface area contributed by atoms with Crippen molar-refractivity contribution in [2.75, 3.05) is 12.3 Å². The van der Waals surface area contributed by atoms with Crippen molar-refractivity contribution in [3.63, 3.8) is 0 Å². The van der Waals surface area contributed by atoms with Gasteiger partial charge in [-0.1, -0.05) is 0 Å². The van der Waals surface area contributed by atoms with Crippen LogP contribution in [0, 0.1) is 11.8 Å². The first kappa shape index (κ1) is 13.7. The van der Waals surface area contributed by atoms with Gasteiger partial charge in [0, 0.05) is 25.4 Å². The lowest BCUT2D eigenvalue weighted by atomic mass is 10.2. The highest BCUT2D eigenvalue weighted by Gasteiger charge is 2.08. The summed E-state index contributed by atoms with van der Waals surface area (Å²) in [7, 11) is -3.20. The molecule has 17 heavy (non-hydrogen) atoms. The summed E-state index contributed by atoms with van der Waals surface area (Å²) in [5, 5.41) is 0. The fraction of sp³-hybridized carbons (Fsp3) is 0.417. The van der Waals surface area contributed by atoms with Crippen LogP contribution in [0.15, 0.2) is 24.5 Å². The zero-order valence-electron chi connectivity index (χ0n) is 9.81. The maximum atomic E-state index is 11.6. The van der Waals surface area contributed by atoms with Gasteiger partial charge in [0.05, 0.1) is 5.75 Å². The predicted molar refractivity (Wildman–Crippen MR) is 67.8 cm³/mol.